The molecule has 0 fully saturated rings. The number of pyridine rings is 1. The van der Waals surface area contributed by atoms with Gasteiger partial charge in [0.25, 0.3) is 0 Å². The van der Waals surface area contributed by atoms with Gasteiger partial charge < -0.3 is 10.8 Å². The number of hydrogen-bond donors (Lipinski definition) is 2. The summed E-state index contributed by atoms with van der Waals surface area (Å²) in [6.45, 7) is 2.12. The molecule has 13 heavy (non-hydrogen) atoms. The topological polar surface area (TPSA) is 59.1 Å². The largest absolute Gasteiger partial charge is 0.396 e. The summed E-state index contributed by atoms with van der Waals surface area (Å²) in [5.74, 6) is 0. The third-order valence-corrected chi connectivity index (χ3v) is 2.10. The van der Waals surface area contributed by atoms with Crippen molar-refractivity contribution in [3.63, 3.8) is 0 Å². The van der Waals surface area contributed by atoms with Gasteiger partial charge in [-0.1, -0.05) is 6.07 Å². The Morgan fingerprint density at radius 3 is 2.85 bits per heavy atom. The van der Waals surface area contributed by atoms with Gasteiger partial charge in [-0.25, -0.2) is 0 Å². The van der Waals surface area contributed by atoms with Gasteiger partial charge in [0.15, 0.2) is 0 Å². The first-order chi connectivity index (χ1) is 6.17. The number of aliphatic hydroxyl groups is 1. The minimum absolute atomic E-state index is 0.180. The Labute approximate surface area is 78.6 Å². The molecular weight excluding hydrogens is 164 g/mol. The molecule has 1 rings (SSSR count). The van der Waals surface area contributed by atoms with Gasteiger partial charge in [-0.15, -0.1) is 0 Å². The van der Waals surface area contributed by atoms with Gasteiger partial charge in [0.2, 0.25) is 0 Å². The van der Waals surface area contributed by atoms with Gasteiger partial charge in [-0.2, -0.15) is 0 Å². The molecule has 0 radical (unpaired) electrons. The van der Waals surface area contributed by atoms with Crippen LogP contribution in [0, 0.1) is 0 Å². The van der Waals surface area contributed by atoms with E-state index in [0.29, 0.717) is 6.42 Å². The number of aliphatic hydroxyl groups excluding tert-OH is 1. The van der Waals surface area contributed by atoms with Crippen LogP contribution in [0.1, 0.15) is 25.5 Å². The molecule has 1 aromatic heterocycles. The second-order valence-electron chi connectivity index (χ2n) is 3.46. The number of hydrogen-bond acceptors (Lipinski definition) is 3. The molecule has 3 heteroatoms. The van der Waals surface area contributed by atoms with E-state index in [1.807, 2.05) is 25.1 Å². The maximum Gasteiger partial charge on any atom is 0.0599 e. The second kappa shape index (κ2) is 4.35. The minimum atomic E-state index is -0.427. The van der Waals surface area contributed by atoms with Crippen molar-refractivity contribution in [2.24, 2.45) is 5.73 Å². The number of nitrogens with zero attached hydrogens (tertiary/aromatic N) is 1. The molecule has 1 heterocycles. The number of nitrogens with two attached hydrogens (primary N) is 1. The first kappa shape index (κ1) is 10.2. The van der Waals surface area contributed by atoms with Crippen molar-refractivity contribution in [3.05, 3.63) is 30.1 Å². The highest BCUT2D eigenvalue weighted by Crippen LogP contribution is 2.20. The fourth-order valence-corrected chi connectivity index (χ4v) is 1.27. The van der Waals surface area contributed by atoms with E-state index >= 15 is 0 Å². The molecule has 0 aliphatic heterocycles. The van der Waals surface area contributed by atoms with Crippen molar-refractivity contribution >= 4 is 0 Å². The number of rotatable bonds is 4. The van der Waals surface area contributed by atoms with E-state index in [9.17, 15) is 0 Å². The van der Waals surface area contributed by atoms with Gasteiger partial charge >= 0.3 is 0 Å². The van der Waals surface area contributed by atoms with Crippen LogP contribution in [-0.4, -0.2) is 16.7 Å². The first-order valence-electron chi connectivity index (χ1n) is 4.48. The van der Waals surface area contributed by atoms with Crippen LogP contribution in [0.4, 0.5) is 0 Å². The Morgan fingerprint density at radius 2 is 2.31 bits per heavy atom. The molecule has 0 amide bonds. The average molecular weight is 180 g/mol. The average Bonchev–Trinajstić information content (AvgIpc) is 2.16. The summed E-state index contributed by atoms with van der Waals surface area (Å²) in [7, 11) is 0. The van der Waals surface area contributed by atoms with Crippen LogP contribution in [0.5, 0.6) is 0 Å². The summed E-state index contributed by atoms with van der Waals surface area (Å²) < 4.78 is 0. The first-order valence-corrected chi connectivity index (χ1v) is 4.48. The van der Waals surface area contributed by atoms with Gasteiger partial charge in [-0.05, 0) is 31.9 Å². The molecule has 3 N–H and O–H groups in total. The lowest BCUT2D eigenvalue weighted by atomic mass is 9.93. The van der Waals surface area contributed by atoms with Gasteiger partial charge in [0.05, 0.1) is 11.2 Å². The summed E-state index contributed by atoms with van der Waals surface area (Å²) in [5.41, 5.74) is 6.50. The minimum Gasteiger partial charge on any atom is -0.396 e. The molecule has 0 saturated carbocycles. The highest BCUT2D eigenvalue weighted by atomic mass is 16.2. The normalized spacial score (nSPS) is 15.3. The van der Waals surface area contributed by atoms with E-state index in [4.69, 9.17) is 10.8 Å². The molecule has 0 aromatic carbocycles. The molecule has 0 spiro atoms. The highest BCUT2D eigenvalue weighted by Gasteiger charge is 2.21. The van der Waals surface area contributed by atoms with Crippen LogP contribution in [0.15, 0.2) is 24.4 Å². The van der Waals surface area contributed by atoms with E-state index in [1.54, 1.807) is 6.20 Å². The van der Waals surface area contributed by atoms with E-state index in [0.717, 1.165) is 12.1 Å². The maximum absolute atomic E-state index is 8.70. The van der Waals surface area contributed by atoms with Crippen LogP contribution in [0.2, 0.25) is 0 Å². The molecule has 1 unspecified atom stereocenters. The highest BCUT2D eigenvalue weighted by molar-refractivity contribution is 5.13. The lowest BCUT2D eigenvalue weighted by Crippen LogP contribution is -2.34. The Hall–Kier alpha value is -0.930. The van der Waals surface area contributed by atoms with Crippen molar-refractivity contribution in [2.75, 3.05) is 6.61 Å². The summed E-state index contributed by atoms with van der Waals surface area (Å²) in [4.78, 5) is 4.20. The van der Waals surface area contributed by atoms with Crippen molar-refractivity contribution in [3.8, 4) is 0 Å². The zero-order valence-electron chi connectivity index (χ0n) is 7.90. The quantitative estimate of drug-likeness (QED) is 0.727. The lowest BCUT2D eigenvalue weighted by Gasteiger charge is -2.23. The van der Waals surface area contributed by atoms with E-state index in [-0.39, 0.29) is 6.61 Å². The van der Waals surface area contributed by atoms with Crippen molar-refractivity contribution in [1.29, 1.82) is 0 Å². The van der Waals surface area contributed by atoms with Crippen LogP contribution in [-0.2, 0) is 5.54 Å². The summed E-state index contributed by atoms with van der Waals surface area (Å²) >= 11 is 0. The van der Waals surface area contributed by atoms with Crippen molar-refractivity contribution in [2.45, 2.75) is 25.3 Å². The predicted octanol–water partition coefficient (Wildman–Crippen LogP) is 1.03. The molecule has 1 aromatic rings. The van der Waals surface area contributed by atoms with Crippen molar-refractivity contribution in [1.82, 2.24) is 4.98 Å². The Kier molecular flexibility index (Phi) is 3.39. The van der Waals surface area contributed by atoms with Gasteiger partial charge in [0.1, 0.15) is 0 Å². The third kappa shape index (κ3) is 2.79. The Bertz CT molecular complexity index is 246. The zero-order valence-corrected chi connectivity index (χ0v) is 7.90. The van der Waals surface area contributed by atoms with Crippen LogP contribution in [0.3, 0.4) is 0 Å². The number of aromatic nitrogens is 1. The lowest BCUT2D eigenvalue weighted by molar-refractivity contribution is 0.264. The van der Waals surface area contributed by atoms with Crippen LogP contribution in [0.25, 0.3) is 0 Å². The molecule has 0 saturated heterocycles. The zero-order chi connectivity index (χ0) is 9.73. The molecule has 0 aliphatic rings. The summed E-state index contributed by atoms with van der Waals surface area (Å²) in [6, 6.07) is 5.70. The fraction of sp³-hybridized carbons (Fsp3) is 0.500. The predicted molar refractivity (Wildman–Crippen MR) is 52.1 cm³/mol. The Balaban J connectivity index is 2.69. The standard InChI is InChI=1S/C10H16N2O/c1-10(11,6-4-8-13)9-5-2-3-7-12-9/h2-3,5,7,13H,4,6,8,11H2,1H3. The summed E-state index contributed by atoms with van der Waals surface area (Å²) in [6.07, 6.45) is 3.20. The van der Waals surface area contributed by atoms with E-state index in [1.165, 1.54) is 0 Å². The van der Waals surface area contributed by atoms with Gasteiger partial charge in [0, 0.05) is 12.8 Å². The van der Waals surface area contributed by atoms with Crippen LogP contribution >= 0.6 is 0 Å². The van der Waals surface area contributed by atoms with Crippen LogP contribution < -0.4 is 5.73 Å². The SMILES string of the molecule is CC(N)(CCCO)c1ccccn1. The van der Waals surface area contributed by atoms with Gasteiger partial charge in [-0.3, -0.25) is 4.98 Å². The fourth-order valence-electron chi connectivity index (χ4n) is 1.27. The molecule has 1 atom stereocenters. The monoisotopic (exact) mass is 180 g/mol. The summed E-state index contributed by atoms with van der Waals surface area (Å²) in [5, 5.41) is 8.70. The van der Waals surface area contributed by atoms with Crippen molar-refractivity contribution < 1.29 is 5.11 Å². The molecule has 3 nitrogen and oxygen atoms in total. The molecule has 72 valence electrons. The molecule has 0 aliphatic carbocycles. The Morgan fingerprint density at radius 1 is 1.54 bits per heavy atom. The molecular formula is C10H16N2O. The second-order valence-corrected chi connectivity index (χ2v) is 3.46. The molecule has 0 bridgehead atoms. The third-order valence-electron chi connectivity index (χ3n) is 2.10. The van der Waals surface area contributed by atoms with E-state index < -0.39 is 5.54 Å². The smallest absolute Gasteiger partial charge is 0.0599 e. The van der Waals surface area contributed by atoms with E-state index in [2.05, 4.69) is 4.98 Å². The maximum atomic E-state index is 8.70.